The molecule has 2 rings (SSSR count). The van der Waals surface area contributed by atoms with Gasteiger partial charge in [-0.1, -0.05) is 5.92 Å². The lowest BCUT2D eigenvalue weighted by Crippen LogP contribution is -2.03. The van der Waals surface area contributed by atoms with Crippen LogP contribution >= 0.6 is 0 Å². The maximum Gasteiger partial charge on any atom is 0.152 e. The Morgan fingerprint density at radius 1 is 1.50 bits per heavy atom. The molecule has 70 valence electrons. The van der Waals surface area contributed by atoms with Gasteiger partial charge >= 0.3 is 0 Å². The Hall–Kier alpha value is -2.02. The van der Waals surface area contributed by atoms with Gasteiger partial charge in [0, 0.05) is 12.4 Å². The number of hydrogen-bond acceptors (Lipinski definition) is 3. The van der Waals surface area contributed by atoms with Crippen LogP contribution in [-0.2, 0) is 0 Å². The van der Waals surface area contributed by atoms with Crippen molar-refractivity contribution in [2.24, 2.45) is 0 Å². The molecule has 0 aliphatic heterocycles. The number of nitrogens with one attached hydrogen (secondary N) is 1. The van der Waals surface area contributed by atoms with Gasteiger partial charge in [-0.25, -0.2) is 9.50 Å². The highest BCUT2D eigenvalue weighted by Gasteiger charge is 2.00. The third-order valence-corrected chi connectivity index (χ3v) is 1.85. The fourth-order valence-electron chi connectivity index (χ4n) is 1.21. The molecule has 2 aromatic rings. The molecule has 2 aromatic heterocycles. The highest BCUT2D eigenvalue weighted by atomic mass is 15.2. The van der Waals surface area contributed by atoms with E-state index in [9.17, 15) is 0 Å². The quantitative estimate of drug-likeness (QED) is 0.716. The Kier molecular flexibility index (Phi) is 2.32. The van der Waals surface area contributed by atoms with Crippen LogP contribution in [0.1, 0.15) is 6.92 Å². The number of hydrogen-bond donors (Lipinski definition) is 1. The van der Waals surface area contributed by atoms with Gasteiger partial charge in [-0.15, -0.1) is 5.92 Å². The number of nitrogens with zero attached hydrogens (tertiary/aromatic N) is 3. The van der Waals surface area contributed by atoms with E-state index in [0.29, 0.717) is 6.54 Å². The minimum absolute atomic E-state index is 0.606. The van der Waals surface area contributed by atoms with Gasteiger partial charge in [0.2, 0.25) is 0 Å². The van der Waals surface area contributed by atoms with Crippen LogP contribution < -0.4 is 5.32 Å². The largest absolute Gasteiger partial charge is 0.357 e. The van der Waals surface area contributed by atoms with E-state index in [2.05, 4.69) is 27.2 Å². The average molecular weight is 186 g/mol. The summed E-state index contributed by atoms with van der Waals surface area (Å²) in [5.74, 6) is 6.55. The number of anilines is 1. The molecule has 0 saturated carbocycles. The first-order valence-corrected chi connectivity index (χ1v) is 4.33. The Morgan fingerprint density at radius 3 is 3.29 bits per heavy atom. The van der Waals surface area contributed by atoms with E-state index in [4.69, 9.17) is 0 Å². The van der Waals surface area contributed by atoms with Crippen LogP contribution in [0.15, 0.2) is 24.7 Å². The third-order valence-electron chi connectivity index (χ3n) is 1.85. The van der Waals surface area contributed by atoms with Gasteiger partial charge < -0.3 is 5.32 Å². The van der Waals surface area contributed by atoms with Gasteiger partial charge in [-0.2, -0.15) is 5.10 Å². The van der Waals surface area contributed by atoms with Crippen molar-refractivity contribution in [1.82, 2.24) is 14.6 Å². The first-order chi connectivity index (χ1) is 6.92. The Balaban J connectivity index is 2.30. The molecule has 14 heavy (non-hydrogen) atoms. The zero-order valence-corrected chi connectivity index (χ0v) is 7.86. The summed E-state index contributed by atoms with van der Waals surface area (Å²) in [6, 6.07) is 1.91. The summed E-state index contributed by atoms with van der Waals surface area (Å²) in [5.41, 5.74) is 0.963. The van der Waals surface area contributed by atoms with E-state index in [0.717, 1.165) is 11.3 Å². The lowest BCUT2D eigenvalue weighted by atomic mass is 10.4. The molecule has 0 spiro atoms. The molecule has 0 aliphatic carbocycles. The summed E-state index contributed by atoms with van der Waals surface area (Å²) in [4.78, 5) is 4.21. The van der Waals surface area contributed by atoms with Gasteiger partial charge in [0.05, 0.1) is 12.7 Å². The van der Waals surface area contributed by atoms with E-state index in [1.807, 2.05) is 19.2 Å². The fourth-order valence-corrected chi connectivity index (χ4v) is 1.21. The van der Waals surface area contributed by atoms with Crippen molar-refractivity contribution in [3.63, 3.8) is 0 Å². The molecule has 0 unspecified atom stereocenters. The van der Waals surface area contributed by atoms with Crippen molar-refractivity contribution >= 4 is 11.3 Å². The van der Waals surface area contributed by atoms with Crippen LogP contribution in [-0.4, -0.2) is 21.1 Å². The van der Waals surface area contributed by atoms with Crippen LogP contribution in [0.3, 0.4) is 0 Å². The van der Waals surface area contributed by atoms with Crippen molar-refractivity contribution in [2.75, 3.05) is 11.9 Å². The van der Waals surface area contributed by atoms with Crippen molar-refractivity contribution < 1.29 is 0 Å². The summed E-state index contributed by atoms with van der Waals surface area (Å²) in [7, 11) is 0. The second-order valence-corrected chi connectivity index (χ2v) is 2.72. The van der Waals surface area contributed by atoms with Crippen molar-refractivity contribution in [3.05, 3.63) is 24.7 Å². The smallest absolute Gasteiger partial charge is 0.152 e. The average Bonchev–Trinajstić information content (AvgIpc) is 2.67. The third kappa shape index (κ3) is 1.52. The maximum absolute atomic E-state index is 4.21. The first kappa shape index (κ1) is 8.57. The highest BCUT2D eigenvalue weighted by molar-refractivity contribution is 5.66. The van der Waals surface area contributed by atoms with Crippen LogP contribution in [0.25, 0.3) is 5.52 Å². The second-order valence-electron chi connectivity index (χ2n) is 2.72. The Bertz CT molecular complexity index is 489. The summed E-state index contributed by atoms with van der Waals surface area (Å²) in [5, 5.41) is 7.24. The molecule has 0 amide bonds. The molecular weight excluding hydrogens is 176 g/mol. The standard InChI is InChI=1S/C10H10N4/c1-2-3-5-11-10-9-4-6-13-14(9)8-7-12-10/h4,6-8H,5H2,1H3,(H,11,12). The lowest BCUT2D eigenvalue weighted by molar-refractivity contribution is 0.946. The van der Waals surface area contributed by atoms with Crippen LogP contribution in [0.4, 0.5) is 5.82 Å². The molecule has 0 bridgehead atoms. The molecule has 0 aliphatic rings. The molecule has 0 atom stereocenters. The number of rotatable bonds is 2. The molecule has 0 saturated heterocycles. The van der Waals surface area contributed by atoms with Gasteiger partial charge in [0.1, 0.15) is 5.52 Å². The van der Waals surface area contributed by atoms with Gasteiger partial charge in [0.25, 0.3) is 0 Å². The molecule has 0 radical (unpaired) electrons. The van der Waals surface area contributed by atoms with Crippen LogP contribution in [0.2, 0.25) is 0 Å². The predicted molar refractivity (Wildman–Crippen MR) is 54.9 cm³/mol. The second kappa shape index (κ2) is 3.79. The fraction of sp³-hybridized carbons (Fsp3) is 0.200. The molecule has 4 nitrogen and oxygen atoms in total. The zero-order valence-electron chi connectivity index (χ0n) is 7.86. The van der Waals surface area contributed by atoms with Gasteiger partial charge in [-0.3, -0.25) is 0 Å². The topological polar surface area (TPSA) is 42.2 Å². The summed E-state index contributed by atoms with van der Waals surface area (Å²) in [6.45, 7) is 2.42. The molecular formula is C10H10N4. The van der Waals surface area contributed by atoms with Crippen LogP contribution in [0.5, 0.6) is 0 Å². The Labute approximate surface area is 82.0 Å². The maximum atomic E-state index is 4.21. The minimum Gasteiger partial charge on any atom is -0.357 e. The Morgan fingerprint density at radius 2 is 2.43 bits per heavy atom. The normalized spacial score (nSPS) is 9.50. The van der Waals surface area contributed by atoms with E-state index >= 15 is 0 Å². The summed E-state index contributed by atoms with van der Waals surface area (Å²) >= 11 is 0. The molecule has 2 heterocycles. The van der Waals surface area contributed by atoms with E-state index < -0.39 is 0 Å². The summed E-state index contributed by atoms with van der Waals surface area (Å²) < 4.78 is 1.77. The van der Waals surface area contributed by atoms with Gasteiger partial charge in [-0.05, 0) is 13.0 Å². The molecule has 1 N–H and O–H groups in total. The van der Waals surface area contributed by atoms with Crippen molar-refractivity contribution in [2.45, 2.75) is 6.92 Å². The SMILES string of the molecule is CC#CCNc1nccn2nccc12. The predicted octanol–water partition coefficient (Wildman–Crippen LogP) is 1.16. The zero-order chi connectivity index (χ0) is 9.80. The number of aromatic nitrogens is 3. The lowest BCUT2D eigenvalue weighted by Gasteiger charge is -2.02. The van der Waals surface area contributed by atoms with Crippen LogP contribution in [0, 0.1) is 11.8 Å². The molecule has 4 heteroatoms. The highest BCUT2D eigenvalue weighted by Crippen LogP contribution is 2.11. The first-order valence-electron chi connectivity index (χ1n) is 4.33. The van der Waals surface area contributed by atoms with Crippen molar-refractivity contribution in [3.8, 4) is 11.8 Å². The molecule has 0 fully saturated rings. The van der Waals surface area contributed by atoms with E-state index in [-0.39, 0.29) is 0 Å². The number of fused-ring (bicyclic) bond motifs is 1. The monoisotopic (exact) mass is 186 g/mol. The van der Waals surface area contributed by atoms with Crippen molar-refractivity contribution in [1.29, 1.82) is 0 Å². The summed E-state index contributed by atoms with van der Waals surface area (Å²) in [6.07, 6.45) is 5.27. The van der Waals surface area contributed by atoms with E-state index in [1.165, 1.54) is 0 Å². The van der Waals surface area contributed by atoms with Gasteiger partial charge in [0.15, 0.2) is 5.82 Å². The van der Waals surface area contributed by atoms with E-state index in [1.54, 1.807) is 16.9 Å². The molecule has 0 aromatic carbocycles. The minimum atomic E-state index is 0.606.